The molecule has 1 saturated carbocycles. The number of nitrogens with two attached hydrogens (primary N) is 2. The predicted octanol–water partition coefficient (Wildman–Crippen LogP) is 1.48. The summed E-state index contributed by atoms with van der Waals surface area (Å²) in [5.41, 5.74) is 11.2. The van der Waals surface area contributed by atoms with Crippen molar-refractivity contribution in [2.24, 2.45) is 22.8 Å². The summed E-state index contributed by atoms with van der Waals surface area (Å²) in [6.07, 6.45) is 4.91. The molecule has 2 aliphatic rings. The van der Waals surface area contributed by atoms with Gasteiger partial charge >= 0.3 is 0 Å². The number of likely N-dealkylation sites (tertiary alicyclic amines) is 1. The first-order valence-electron chi connectivity index (χ1n) is 7.55. The van der Waals surface area contributed by atoms with E-state index >= 15 is 0 Å². The number of hydrogen-bond donors (Lipinski definition) is 2. The summed E-state index contributed by atoms with van der Waals surface area (Å²) >= 11 is 0. The molecule has 0 spiro atoms. The van der Waals surface area contributed by atoms with Gasteiger partial charge in [-0.15, -0.1) is 0 Å². The molecule has 19 heavy (non-hydrogen) atoms. The number of amides is 1. The summed E-state index contributed by atoms with van der Waals surface area (Å²) in [6, 6.07) is 0.443. The van der Waals surface area contributed by atoms with Crippen molar-refractivity contribution in [3.05, 3.63) is 0 Å². The molecular weight excluding hydrogens is 238 g/mol. The van der Waals surface area contributed by atoms with E-state index in [-0.39, 0.29) is 5.91 Å². The van der Waals surface area contributed by atoms with Crippen LogP contribution < -0.4 is 11.5 Å². The van der Waals surface area contributed by atoms with Gasteiger partial charge in [0.15, 0.2) is 0 Å². The van der Waals surface area contributed by atoms with Crippen LogP contribution in [0.25, 0.3) is 0 Å². The Bertz CT molecular complexity index is 350. The summed E-state index contributed by atoms with van der Waals surface area (Å²) in [4.78, 5) is 14.1. The highest BCUT2D eigenvalue weighted by molar-refractivity contribution is 5.84. The van der Waals surface area contributed by atoms with Gasteiger partial charge in [0, 0.05) is 12.6 Å². The molecule has 0 aromatic carbocycles. The van der Waals surface area contributed by atoms with Crippen LogP contribution in [0.3, 0.4) is 0 Å². The normalized spacial score (nSPS) is 37.5. The fourth-order valence-electron chi connectivity index (χ4n) is 3.64. The van der Waals surface area contributed by atoms with Crippen LogP contribution in [0.15, 0.2) is 0 Å². The number of carbonyl (C=O) groups is 1. The molecule has 1 saturated heterocycles. The second-order valence-electron chi connectivity index (χ2n) is 7.62. The first-order valence-corrected chi connectivity index (χ1v) is 7.55. The topological polar surface area (TPSA) is 72.3 Å². The lowest BCUT2D eigenvalue weighted by Gasteiger charge is -2.40. The van der Waals surface area contributed by atoms with E-state index in [0.29, 0.717) is 11.5 Å². The number of rotatable bonds is 2. The number of primary amides is 1. The van der Waals surface area contributed by atoms with Gasteiger partial charge in [0.1, 0.15) is 0 Å². The lowest BCUT2D eigenvalue weighted by molar-refractivity contribution is -0.125. The van der Waals surface area contributed by atoms with Crippen molar-refractivity contribution in [2.45, 2.75) is 64.5 Å². The fraction of sp³-hybridized carbons (Fsp3) is 0.933. The summed E-state index contributed by atoms with van der Waals surface area (Å²) in [7, 11) is 0. The molecule has 0 aromatic heterocycles. The van der Waals surface area contributed by atoms with E-state index in [2.05, 4.69) is 25.7 Å². The van der Waals surface area contributed by atoms with Crippen molar-refractivity contribution in [3.63, 3.8) is 0 Å². The van der Waals surface area contributed by atoms with Gasteiger partial charge in [-0.3, -0.25) is 9.69 Å². The van der Waals surface area contributed by atoms with Gasteiger partial charge in [0.05, 0.1) is 5.54 Å². The van der Waals surface area contributed by atoms with Gasteiger partial charge in [0.25, 0.3) is 0 Å². The number of hydrogen-bond acceptors (Lipinski definition) is 3. The zero-order valence-electron chi connectivity index (χ0n) is 12.6. The molecular formula is C15H29N3O. The highest BCUT2D eigenvalue weighted by atomic mass is 16.1. The van der Waals surface area contributed by atoms with Crippen molar-refractivity contribution in [3.8, 4) is 0 Å². The molecule has 0 bridgehead atoms. The van der Waals surface area contributed by atoms with Crippen molar-refractivity contribution < 1.29 is 4.79 Å². The smallest absolute Gasteiger partial charge is 0.237 e. The molecule has 3 atom stereocenters. The molecule has 2 rings (SSSR count). The molecule has 1 aliphatic carbocycles. The highest BCUT2D eigenvalue weighted by Gasteiger charge is 2.42. The highest BCUT2D eigenvalue weighted by Crippen LogP contribution is 2.37. The van der Waals surface area contributed by atoms with Crippen LogP contribution in [-0.4, -0.2) is 35.5 Å². The van der Waals surface area contributed by atoms with Gasteiger partial charge in [-0.1, -0.05) is 20.8 Å². The summed E-state index contributed by atoms with van der Waals surface area (Å²) in [5, 5.41) is 0. The van der Waals surface area contributed by atoms with Crippen LogP contribution in [0, 0.1) is 11.3 Å². The summed E-state index contributed by atoms with van der Waals surface area (Å²) in [5.74, 6) is 0.416. The lowest BCUT2D eigenvalue weighted by Crippen LogP contribution is -2.58. The van der Waals surface area contributed by atoms with Crippen LogP contribution >= 0.6 is 0 Å². The SMILES string of the molecule is CC(C)(C)C1CCN(C2CCCC(N)(C(N)=O)C2)C1. The maximum absolute atomic E-state index is 11.5. The third-order valence-electron chi connectivity index (χ3n) is 5.21. The van der Waals surface area contributed by atoms with Crippen LogP contribution in [0.4, 0.5) is 0 Å². The average Bonchev–Trinajstić information content (AvgIpc) is 2.77. The molecule has 1 heterocycles. The molecule has 1 amide bonds. The zero-order valence-corrected chi connectivity index (χ0v) is 12.6. The monoisotopic (exact) mass is 267 g/mol. The Hall–Kier alpha value is -0.610. The van der Waals surface area contributed by atoms with Gasteiger partial charge < -0.3 is 11.5 Å². The zero-order chi connectivity index (χ0) is 14.3. The van der Waals surface area contributed by atoms with E-state index in [0.717, 1.165) is 44.7 Å². The Morgan fingerprint density at radius 1 is 1.32 bits per heavy atom. The van der Waals surface area contributed by atoms with Crippen LogP contribution in [0.1, 0.15) is 52.9 Å². The summed E-state index contributed by atoms with van der Waals surface area (Å²) in [6.45, 7) is 9.24. The third kappa shape index (κ3) is 3.11. The van der Waals surface area contributed by atoms with E-state index in [1.165, 1.54) is 6.42 Å². The Kier molecular flexibility index (Phi) is 3.94. The van der Waals surface area contributed by atoms with E-state index in [1.807, 2.05) is 0 Å². The number of nitrogens with zero attached hydrogens (tertiary/aromatic N) is 1. The van der Waals surface area contributed by atoms with E-state index in [1.54, 1.807) is 0 Å². The van der Waals surface area contributed by atoms with Gasteiger partial charge in [-0.2, -0.15) is 0 Å². The standard InChI is InChI=1S/C15H29N3O/c1-14(2,3)11-6-8-18(10-11)12-5-4-7-15(17,9-12)13(16)19/h11-12H,4-10,17H2,1-3H3,(H2,16,19). The van der Waals surface area contributed by atoms with Crippen molar-refractivity contribution in [1.29, 1.82) is 0 Å². The van der Waals surface area contributed by atoms with Crippen molar-refractivity contribution >= 4 is 5.91 Å². The van der Waals surface area contributed by atoms with E-state index in [4.69, 9.17) is 11.5 Å². The third-order valence-corrected chi connectivity index (χ3v) is 5.21. The second kappa shape index (κ2) is 5.06. The minimum Gasteiger partial charge on any atom is -0.368 e. The molecule has 2 fully saturated rings. The summed E-state index contributed by atoms with van der Waals surface area (Å²) < 4.78 is 0. The Balaban J connectivity index is 1.98. The average molecular weight is 267 g/mol. The molecule has 4 heteroatoms. The second-order valence-corrected chi connectivity index (χ2v) is 7.62. The largest absolute Gasteiger partial charge is 0.368 e. The van der Waals surface area contributed by atoms with Crippen LogP contribution in [0.2, 0.25) is 0 Å². The molecule has 110 valence electrons. The fourth-order valence-corrected chi connectivity index (χ4v) is 3.64. The Labute approximate surface area is 116 Å². The lowest BCUT2D eigenvalue weighted by atomic mass is 9.78. The maximum atomic E-state index is 11.5. The van der Waals surface area contributed by atoms with Crippen LogP contribution in [-0.2, 0) is 4.79 Å². The van der Waals surface area contributed by atoms with Crippen LogP contribution in [0.5, 0.6) is 0 Å². The minimum absolute atomic E-state index is 0.330. The van der Waals surface area contributed by atoms with Gasteiger partial charge in [-0.25, -0.2) is 0 Å². The first-order chi connectivity index (χ1) is 8.72. The van der Waals surface area contributed by atoms with E-state index in [9.17, 15) is 4.79 Å². The molecule has 1 aliphatic heterocycles. The van der Waals surface area contributed by atoms with Gasteiger partial charge in [-0.05, 0) is 50.0 Å². The van der Waals surface area contributed by atoms with Crippen molar-refractivity contribution in [2.75, 3.05) is 13.1 Å². The molecule has 4 nitrogen and oxygen atoms in total. The quantitative estimate of drug-likeness (QED) is 0.796. The Morgan fingerprint density at radius 2 is 2.00 bits per heavy atom. The van der Waals surface area contributed by atoms with E-state index < -0.39 is 5.54 Å². The van der Waals surface area contributed by atoms with Crippen molar-refractivity contribution in [1.82, 2.24) is 4.90 Å². The first kappa shape index (κ1) is 14.8. The Morgan fingerprint density at radius 3 is 2.53 bits per heavy atom. The minimum atomic E-state index is -0.775. The predicted molar refractivity (Wildman–Crippen MR) is 77.5 cm³/mol. The molecule has 4 N–H and O–H groups in total. The molecule has 0 radical (unpaired) electrons. The van der Waals surface area contributed by atoms with Gasteiger partial charge in [0.2, 0.25) is 5.91 Å². The maximum Gasteiger partial charge on any atom is 0.237 e. The molecule has 0 aromatic rings. The number of carbonyl (C=O) groups excluding carboxylic acids is 1. The molecule has 3 unspecified atom stereocenters.